The molecule has 30 heavy (non-hydrogen) atoms. The summed E-state index contributed by atoms with van der Waals surface area (Å²) in [4.78, 5) is 51.5. The van der Waals surface area contributed by atoms with Gasteiger partial charge in [0.2, 0.25) is 11.8 Å². The van der Waals surface area contributed by atoms with Crippen molar-refractivity contribution in [1.29, 1.82) is 0 Å². The number of carbonyl (C=O) groups is 4. The minimum atomic E-state index is -1.27. The highest BCUT2D eigenvalue weighted by Gasteiger charge is 2.43. The summed E-state index contributed by atoms with van der Waals surface area (Å²) >= 11 is 3.31. The number of hydrogen-bond acceptors (Lipinski definition) is 4. The van der Waals surface area contributed by atoms with Crippen LogP contribution in [0.15, 0.2) is 71.2 Å². The number of rotatable bonds is 7. The van der Waals surface area contributed by atoms with Gasteiger partial charge in [-0.1, -0.05) is 46.3 Å². The van der Waals surface area contributed by atoms with Gasteiger partial charge in [0.15, 0.2) is 0 Å². The average molecular weight is 471 g/mol. The molecule has 3 rings (SSSR count). The molecule has 1 aliphatic heterocycles. The van der Waals surface area contributed by atoms with Crippen molar-refractivity contribution >= 4 is 45.3 Å². The summed E-state index contributed by atoms with van der Waals surface area (Å²) in [6, 6.07) is 15.1. The third-order valence-corrected chi connectivity index (χ3v) is 5.25. The predicted octanol–water partition coefficient (Wildman–Crippen LogP) is 2.79. The Morgan fingerprint density at radius 2 is 1.73 bits per heavy atom. The maximum Gasteiger partial charge on any atom is 0.328 e. The second-order valence-corrected chi connectivity index (χ2v) is 7.62. The molecule has 1 atom stereocenters. The summed E-state index contributed by atoms with van der Waals surface area (Å²) < 4.78 is 0.806. The van der Waals surface area contributed by atoms with E-state index in [2.05, 4.69) is 15.9 Å². The molecule has 1 saturated heterocycles. The molecule has 0 aromatic heterocycles. The molecular weight excluding hydrogens is 452 g/mol. The van der Waals surface area contributed by atoms with E-state index in [0.29, 0.717) is 12.1 Å². The molecule has 1 fully saturated rings. The van der Waals surface area contributed by atoms with E-state index in [9.17, 15) is 19.2 Å². The lowest BCUT2D eigenvalue weighted by Gasteiger charge is -2.26. The summed E-state index contributed by atoms with van der Waals surface area (Å²) in [6.07, 6.45) is 1.94. The van der Waals surface area contributed by atoms with Gasteiger partial charge in [0.1, 0.15) is 6.04 Å². The molecule has 2 aromatic rings. The van der Waals surface area contributed by atoms with Gasteiger partial charge in [0.05, 0.1) is 12.1 Å². The molecule has 0 aliphatic carbocycles. The maximum atomic E-state index is 13.1. The van der Waals surface area contributed by atoms with Crippen molar-refractivity contribution in [1.82, 2.24) is 4.90 Å². The van der Waals surface area contributed by atoms with Crippen LogP contribution in [0.5, 0.6) is 0 Å². The minimum Gasteiger partial charge on any atom is -0.478 e. The van der Waals surface area contributed by atoms with Crippen LogP contribution >= 0.6 is 15.9 Å². The van der Waals surface area contributed by atoms with Gasteiger partial charge < -0.3 is 10.0 Å². The largest absolute Gasteiger partial charge is 0.478 e. The Labute approximate surface area is 181 Å². The van der Waals surface area contributed by atoms with Gasteiger partial charge in [-0.3, -0.25) is 14.4 Å². The van der Waals surface area contributed by atoms with E-state index in [-0.39, 0.29) is 13.0 Å². The Hall–Kier alpha value is -3.26. The van der Waals surface area contributed by atoms with E-state index in [0.717, 1.165) is 27.1 Å². The Kier molecular flexibility index (Phi) is 6.79. The van der Waals surface area contributed by atoms with Gasteiger partial charge in [-0.2, -0.15) is 0 Å². The normalized spacial score (nSPS) is 16.3. The predicted molar refractivity (Wildman–Crippen MR) is 114 cm³/mol. The first-order valence-electron chi connectivity index (χ1n) is 9.24. The molecule has 0 saturated carbocycles. The quantitative estimate of drug-likeness (QED) is 0.495. The zero-order chi connectivity index (χ0) is 21.7. The Bertz CT molecular complexity index is 988. The Morgan fingerprint density at radius 1 is 1.07 bits per heavy atom. The van der Waals surface area contributed by atoms with Crippen LogP contribution in [0.4, 0.5) is 5.69 Å². The van der Waals surface area contributed by atoms with Crippen molar-refractivity contribution in [2.24, 2.45) is 0 Å². The number of carboxylic acid groups (broad SMARTS) is 1. The summed E-state index contributed by atoms with van der Waals surface area (Å²) in [5.74, 6) is -2.81. The molecule has 7 nitrogen and oxygen atoms in total. The number of aliphatic carboxylic acids is 1. The van der Waals surface area contributed by atoms with Crippen LogP contribution in [0.1, 0.15) is 12.0 Å². The number of halogens is 1. The van der Waals surface area contributed by atoms with E-state index in [4.69, 9.17) is 5.11 Å². The molecule has 1 heterocycles. The number of carbonyl (C=O) groups excluding carboxylic acids is 3. The average Bonchev–Trinajstić information content (AvgIpc) is 3.02. The minimum absolute atomic E-state index is 0.156. The molecule has 8 heteroatoms. The van der Waals surface area contributed by atoms with Gasteiger partial charge in [-0.15, -0.1) is 0 Å². The van der Waals surface area contributed by atoms with Crippen molar-refractivity contribution in [3.05, 3.63) is 76.8 Å². The van der Waals surface area contributed by atoms with E-state index < -0.39 is 29.7 Å². The van der Waals surface area contributed by atoms with Gasteiger partial charge in [-0.25, -0.2) is 9.69 Å². The zero-order valence-electron chi connectivity index (χ0n) is 15.9. The van der Waals surface area contributed by atoms with Crippen LogP contribution in [0.25, 0.3) is 0 Å². The van der Waals surface area contributed by atoms with Gasteiger partial charge in [0.25, 0.3) is 5.91 Å². The lowest BCUT2D eigenvalue weighted by atomic mass is 10.1. The molecule has 1 N–H and O–H groups in total. The molecule has 0 spiro atoms. The molecule has 3 amide bonds. The van der Waals surface area contributed by atoms with Crippen LogP contribution in [0.2, 0.25) is 0 Å². The van der Waals surface area contributed by atoms with Crippen LogP contribution in [0.3, 0.4) is 0 Å². The van der Waals surface area contributed by atoms with Crippen molar-refractivity contribution in [3.63, 3.8) is 0 Å². The number of nitrogens with zero attached hydrogens (tertiary/aromatic N) is 2. The molecule has 0 unspecified atom stereocenters. The van der Waals surface area contributed by atoms with Crippen molar-refractivity contribution in [2.45, 2.75) is 18.9 Å². The summed E-state index contributed by atoms with van der Waals surface area (Å²) in [5.41, 5.74) is 1.38. The number of carboxylic acids is 1. The monoisotopic (exact) mass is 470 g/mol. The van der Waals surface area contributed by atoms with Gasteiger partial charge in [-0.05, 0) is 36.2 Å². The van der Waals surface area contributed by atoms with E-state index in [1.165, 1.54) is 4.90 Å². The zero-order valence-corrected chi connectivity index (χ0v) is 17.5. The fourth-order valence-corrected chi connectivity index (χ4v) is 3.54. The SMILES string of the molecule is O=C(O)/C=C/C(=O)N(CCc1ccccc1)[C@@H]1CC(=O)N(c2ccc(Br)cc2)C1=O. The molecule has 154 valence electrons. The highest BCUT2D eigenvalue weighted by atomic mass is 79.9. The van der Waals surface area contributed by atoms with Gasteiger partial charge >= 0.3 is 5.97 Å². The van der Waals surface area contributed by atoms with Crippen molar-refractivity contribution in [2.75, 3.05) is 11.4 Å². The van der Waals surface area contributed by atoms with Crippen LogP contribution in [-0.2, 0) is 25.6 Å². The van der Waals surface area contributed by atoms with Crippen molar-refractivity contribution in [3.8, 4) is 0 Å². The lowest BCUT2D eigenvalue weighted by molar-refractivity contribution is -0.135. The molecule has 1 aliphatic rings. The number of imide groups is 1. The van der Waals surface area contributed by atoms with E-state index in [1.54, 1.807) is 24.3 Å². The summed E-state index contributed by atoms with van der Waals surface area (Å²) in [7, 11) is 0. The molecule has 2 aromatic carbocycles. The number of amides is 3. The highest BCUT2D eigenvalue weighted by Crippen LogP contribution is 2.27. The first-order valence-corrected chi connectivity index (χ1v) is 10.0. The fourth-order valence-electron chi connectivity index (χ4n) is 3.27. The Morgan fingerprint density at radius 3 is 2.37 bits per heavy atom. The number of hydrogen-bond donors (Lipinski definition) is 1. The van der Waals surface area contributed by atoms with Crippen LogP contribution < -0.4 is 4.90 Å². The highest BCUT2D eigenvalue weighted by molar-refractivity contribution is 9.10. The van der Waals surface area contributed by atoms with Crippen LogP contribution in [0, 0.1) is 0 Å². The van der Waals surface area contributed by atoms with Crippen molar-refractivity contribution < 1.29 is 24.3 Å². The van der Waals surface area contributed by atoms with E-state index >= 15 is 0 Å². The number of benzene rings is 2. The molecule has 0 bridgehead atoms. The molecule has 0 radical (unpaired) electrons. The third-order valence-electron chi connectivity index (χ3n) is 4.72. The van der Waals surface area contributed by atoms with Gasteiger partial charge in [0, 0.05) is 23.2 Å². The first-order chi connectivity index (χ1) is 14.4. The van der Waals surface area contributed by atoms with E-state index in [1.807, 2.05) is 30.3 Å². The number of anilines is 1. The fraction of sp³-hybridized carbons (Fsp3) is 0.182. The second-order valence-electron chi connectivity index (χ2n) is 6.70. The van der Waals surface area contributed by atoms with Crippen LogP contribution in [-0.4, -0.2) is 46.3 Å². The summed E-state index contributed by atoms with van der Waals surface area (Å²) in [5, 5.41) is 8.83. The molecular formula is C22H19BrN2O5. The lowest BCUT2D eigenvalue weighted by Crippen LogP contribution is -2.45. The maximum absolute atomic E-state index is 13.1. The topological polar surface area (TPSA) is 95.0 Å². The standard InChI is InChI=1S/C22H19BrN2O5/c23-16-6-8-17(9-7-16)25-20(27)14-18(22(25)30)24(19(26)10-11-21(28)29)13-12-15-4-2-1-3-5-15/h1-11,18H,12-14H2,(H,28,29)/b11-10+/t18-/m1/s1. The third kappa shape index (κ3) is 5.01. The smallest absolute Gasteiger partial charge is 0.328 e. The Balaban J connectivity index is 1.85. The second kappa shape index (κ2) is 9.49. The first kappa shape index (κ1) is 21.4. The summed E-state index contributed by atoms with van der Waals surface area (Å²) in [6.45, 7) is 0.171.